The first-order valence-electron chi connectivity index (χ1n) is 5.18. The molecule has 0 aliphatic heterocycles. The summed E-state index contributed by atoms with van der Waals surface area (Å²) in [7, 11) is 1.71. The lowest BCUT2D eigenvalue weighted by atomic mass is 9.95. The number of aromatic nitrogens is 1. The van der Waals surface area contributed by atoms with Gasteiger partial charge in [0.2, 0.25) is 0 Å². The zero-order valence-corrected chi connectivity index (χ0v) is 9.95. The van der Waals surface area contributed by atoms with Gasteiger partial charge in [-0.15, -0.1) is 0 Å². The molecule has 0 radical (unpaired) electrons. The first kappa shape index (κ1) is 12.1. The quantitative estimate of drug-likeness (QED) is 0.825. The normalized spacial score (nSPS) is 13.9. The summed E-state index contributed by atoms with van der Waals surface area (Å²) in [5.74, 6) is 0. The molecule has 1 atom stereocenters. The Labute approximate surface area is 91.7 Å². The van der Waals surface area contributed by atoms with Gasteiger partial charge in [-0.3, -0.25) is 4.98 Å². The monoisotopic (exact) mass is 208 g/mol. The molecule has 1 aromatic rings. The van der Waals surface area contributed by atoms with Gasteiger partial charge >= 0.3 is 0 Å². The smallest absolute Gasteiger partial charge is 0.0640 e. The summed E-state index contributed by atoms with van der Waals surface area (Å²) in [5.41, 5.74) is 7.97. The average Bonchev–Trinajstić information content (AvgIpc) is 2.18. The van der Waals surface area contributed by atoms with Gasteiger partial charge in [-0.1, -0.05) is 6.07 Å². The van der Waals surface area contributed by atoms with Crippen LogP contribution < -0.4 is 5.73 Å². The fourth-order valence-corrected chi connectivity index (χ4v) is 1.43. The van der Waals surface area contributed by atoms with Crippen molar-refractivity contribution < 1.29 is 4.74 Å². The molecule has 0 fully saturated rings. The number of hydrogen-bond acceptors (Lipinski definition) is 3. The fourth-order valence-electron chi connectivity index (χ4n) is 1.43. The molecule has 1 unspecified atom stereocenters. The maximum atomic E-state index is 6.09. The predicted octanol–water partition coefficient (Wildman–Crippen LogP) is 2.20. The van der Waals surface area contributed by atoms with Gasteiger partial charge in [-0.2, -0.15) is 0 Å². The number of nitrogens with two attached hydrogens (primary N) is 1. The molecule has 0 aliphatic rings. The Kier molecular flexibility index (Phi) is 3.83. The molecular weight excluding hydrogens is 188 g/mol. The predicted molar refractivity (Wildman–Crippen MR) is 61.6 cm³/mol. The third kappa shape index (κ3) is 3.61. The molecular formula is C12H20N2O. The Hall–Kier alpha value is -0.930. The molecule has 0 spiro atoms. The average molecular weight is 208 g/mol. The van der Waals surface area contributed by atoms with Crippen LogP contribution in [0.2, 0.25) is 0 Å². The van der Waals surface area contributed by atoms with Crippen LogP contribution in [0, 0.1) is 6.92 Å². The van der Waals surface area contributed by atoms with E-state index in [1.165, 1.54) is 0 Å². The zero-order valence-electron chi connectivity index (χ0n) is 9.95. The van der Waals surface area contributed by atoms with Crippen molar-refractivity contribution in [3.8, 4) is 0 Å². The standard InChI is InChI=1S/C12H20N2O/c1-9-5-6-10(8-14-9)11(13)7-12(2,3)15-4/h5-6,8,11H,7,13H2,1-4H3. The molecule has 0 saturated carbocycles. The first-order valence-corrected chi connectivity index (χ1v) is 5.18. The lowest BCUT2D eigenvalue weighted by Gasteiger charge is -2.26. The summed E-state index contributed by atoms with van der Waals surface area (Å²) in [5, 5.41) is 0. The second-order valence-electron chi connectivity index (χ2n) is 4.51. The fraction of sp³-hybridized carbons (Fsp3) is 0.583. The first-order chi connectivity index (χ1) is 6.94. The highest BCUT2D eigenvalue weighted by atomic mass is 16.5. The minimum absolute atomic E-state index is 0.0203. The van der Waals surface area contributed by atoms with Gasteiger partial charge in [-0.25, -0.2) is 0 Å². The van der Waals surface area contributed by atoms with E-state index in [1.54, 1.807) is 7.11 Å². The number of nitrogens with zero attached hydrogens (tertiary/aromatic N) is 1. The molecule has 0 bridgehead atoms. The van der Waals surface area contributed by atoms with Crippen LogP contribution in [-0.2, 0) is 4.74 Å². The van der Waals surface area contributed by atoms with Gasteiger partial charge in [0.1, 0.15) is 0 Å². The third-order valence-electron chi connectivity index (χ3n) is 2.63. The van der Waals surface area contributed by atoms with Crippen molar-refractivity contribution in [1.82, 2.24) is 4.98 Å². The van der Waals surface area contributed by atoms with E-state index in [1.807, 2.05) is 39.1 Å². The minimum Gasteiger partial charge on any atom is -0.379 e. The Morgan fingerprint density at radius 3 is 2.60 bits per heavy atom. The number of hydrogen-bond donors (Lipinski definition) is 1. The van der Waals surface area contributed by atoms with Crippen molar-refractivity contribution in [1.29, 1.82) is 0 Å². The van der Waals surface area contributed by atoms with E-state index in [2.05, 4.69) is 4.98 Å². The third-order valence-corrected chi connectivity index (χ3v) is 2.63. The van der Waals surface area contributed by atoms with Crippen LogP contribution in [0.5, 0.6) is 0 Å². The largest absolute Gasteiger partial charge is 0.379 e. The lowest BCUT2D eigenvalue weighted by Crippen LogP contribution is -2.28. The lowest BCUT2D eigenvalue weighted by molar-refractivity contribution is 0.00993. The van der Waals surface area contributed by atoms with Gasteiger partial charge in [0.25, 0.3) is 0 Å². The van der Waals surface area contributed by atoms with E-state index in [9.17, 15) is 0 Å². The summed E-state index contributed by atoms with van der Waals surface area (Å²) in [6, 6.07) is 3.99. The Balaban J connectivity index is 2.69. The van der Waals surface area contributed by atoms with E-state index in [4.69, 9.17) is 10.5 Å². The molecule has 1 heterocycles. The van der Waals surface area contributed by atoms with Crippen molar-refractivity contribution in [3.05, 3.63) is 29.6 Å². The van der Waals surface area contributed by atoms with Crippen molar-refractivity contribution in [2.75, 3.05) is 7.11 Å². The summed E-state index contributed by atoms with van der Waals surface area (Å²) >= 11 is 0. The van der Waals surface area contributed by atoms with Crippen molar-refractivity contribution in [2.24, 2.45) is 5.73 Å². The topological polar surface area (TPSA) is 48.1 Å². The van der Waals surface area contributed by atoms with Gasteiger partial charge in [0.05, 0.1) is 5.60 Å². The SMILES string of the molecule is COC(C)(C)CC(N)c1ccc(C)nc1. The van der Waals surface area contributed by atoms with E-state index in [0.29, 0.717) is 0 Å². The summed E-state index contributed by atoms with van der Waals surface area (Å²) < 4.78 is 5.35. The molecule has 0 saturated heterocycles. The summed E-state index contributed by atoms with van der Waals surface area (Å²) in [6.45, 7) is 6.04. The molecule has 1 rings (SSSR count). The molecule has 0 amide bonds. The van der Waals surface area contributed by atoms with Crippen molar-refractivity contribution >= 4 is 0 Å². The van der Waals surface area contributed by atoms with Gasteiger partial charge in [0, 0.05) is 25.0 Å². The molecule has 1 aromatic heterocycles. The molecule has 3 heteroatoms. The molecule has 0 aromatic carbocycles. The second kappa shape index (κ2) is 4.73. The van der Waals surface area contributed by atoms with Crippen LogP contribution in [0.15, 0.2) is 18.3 Å². The van der Waals surface area contributed by atoms with Gasteiger partial charge in [0.15, 0.2) is 0 Å². The molecule has 3 nitrogen and oxygen atoms in total. The highest BCUT2D eigenvalue weighted by Crippen LogP contribution is 2.23. The summed E-state index contributed by atoms with van der Waals surface area (Å²) in [6.07, 6.45) is 2.62. The van der Waals surface area contributed by atoms with Crippen LogP contribution >= 0.6 is 0 Å². The molecule has 84 valence electrons. The Morgan fingerprint density at radius 1 is 1.47 bits per heavy atom. The highest BCUT2D eigenvalue weighted by Gasteiger charge is 2.21. The number of ether oxygens (including phenoxy) is 1. The van der Waals surface area contributed by atoms with E-state index < -0.39 is 0 Å². The Bertz CT molecular complexity index is 306. The van der Waals surface area contributed by atoms with Gasteiger partial charge in [-0.05, 0) is 38.8 Å². The number of pyridine rings is 1. The zero-order chi connectivity index (χ0) is 11.5. The van der Waals surface area contributed by atoms with Crippen LogP contribution in [-0.4, -0.2) is 17.7 Å². The minimum atomic E-state index is -0.190. The maximum absolute atomic E-state index is 6.09. The molecule has 15 heavy (non-hydrogen) atoms. The number of aryl methyl sites for hydroxylation is 1. The maximum Gasteiger partial charge on any atom is 0.0640 e. The number of rotatable bonds is 4. The van der Waals surface area contributed by atoms with E-state index in [-0.39, 0.29) is 11.6 Å². The van der Waals surface area contributed by atoms with Crippen LogP contribution in [0.25, 0.3) is 0 Å². The molecule has 0 aliphatic carbocycles. The van der Waals surface area contributed by atoms with Crippen LogP contribution in [0.1, 0.15) is 37.6 Å². The van der Waals surface area contributed by atoms with Crippen molar-refractivity contribution in [3.63, 3.8) is 0 Å². The second-order valence-corrected chi connectivity index (χ2v) is 4.51. The highest BCUT2D eigenvalue weighted by molar-refractivity contribution is 5.17. The molecule has 2 N–H and O–H groups in total. The van der Waals surface area contributed by atoms with Crippen LogP contribution in [0.4, 0.5) is 0 Å². The number of methoxy groups -OCH3 is 1. The van der Waals surface area contributed by atoms with E-state index >= 15 is 0 Å². The van der Waals surface area contributed by atoms with Gasteiger partial charge < -0.3 is 10.5 Å². The van der Waals surface area contributed by atoms with Crippen molar-refractivity contribution in [2.45, 2.75) is 38.8 Å². The van der Waals surface area contributed by atoms with Crippen LogP contribution in [0.3, 0.4) is 0 Å². The summed E-state index contributed by atoms with van der Waals surface area (Å²) in [4.78, 5) is 4.24. The van der Waals surface area contributed by atoms with E-state index in [0.717, 1.165) is 17.7 Å². The Morgan fingerprint density at radius 2 is 2.13 bits per heavy atom.